The highest BCUT2D eigenvalue weighted by Gasteiger charge is 2.19. The van der Waals surface area contributed by atoms with Crippen LogP contribution in [-0.2, 0) is 5.41 Å². The number of aromatic amines is 1. The number of hydrogen-bond donors (Lipinski definition) is 2. The summed E-state index contributed by atoms with van der Waals surface area (Å²) >= 11 is 0. The molecule has 27 heavy (non-hydrogen) atoms. The first-order chi connectivity index (χ1) is 12.8. The van der Waals surface area contributed by atoms with Crippen LogP contribution < -0.4 is 10.1 Å². The second-order valence-electron chi connectivity index (χ2n) is 7.55. The lowest BCUT2D eigenvalue weighted by Crippen LogP contribution is -2.14. The number of anilines is 1. The van der Waals surface area contributed by atoms with Gasteiger partial charge in [0.15, 0.2) is 0 Å². The second kappa shape index (κ2) is 7.27. The van der Waals surface area contributed by atoms with Crippen molar-refractivity contribution >= 4 is 11.6 Å². The van der Waals surface area contributed by atoms with Crippen molar-refractivity contribution in [3.05, 3.63) is 65.4 Å². The topological polar surface area (TPSA) is 67.0 Å². The molecule has 0 fully saturated rings. The Labute approximate surface area is 159 Å². The van der Waals surface area contributed by atoms with E-state index in [2.05, 4.69) is 48.4 Å². The third kappa shape index (κ3) is 3.87. The number of amides is 1. The first kappa shape index (κ1) is 18.7. The monoisotopic (exact) mass is 363 g/mol. The van der Waals surface area contributed by atoms with Crippen molar-refractivity contribution in [1.82, 2.24) is 10.2 Å². The molecule has 3 rings (SSSR count). The van der Waals surface area contributed by atoms with Gasteiger partial charge >= 0.3 is 0 Å². The number of hydrogen-bond acceptors (Lipinski definition) is 3. The van der Waals surface area contributed by atoms with Crippen LogP contribution in [0.4, 0.5) is 5.69 Å². The minimum atomic E-state index is -0.232. The Bertz CT molecular complexity index is 950. The van der Waals surface area contributed by atoms with Crippen molar-refractivity contribution in [2.45, 2.75) is 33.1 Å². The lowest BCUT2D eigenvalue weighted by molar-refractivity contribution is 0.102. The van der Waals surface area contributed by atoms with Crippen LogP contribution in [-0.4, -0.2) is 23.2 Å². The molecule has 1 amide bonds. The number of aromatic nitrogens is 2. The van der Waals surface area contributed by atoms with Gasteiger partial charge in [0.25, 0.3) is 5.91 Å². The van der Waals surface area contributed by atoms with Crippen LogP contribution in [0.1, 0.15) is 42.4 Å². The smallest absolute Gasteiger partial charge is 0.259 e. The molecule has 0 spiro atoms. The predicted octanol–water partition coefficient (Wildman–Crippen LogP) is 4.94. The lowest BCUT2D eigenvalue weighted by Gasteiger charge is -2.19. The van der Waals surface area contributed by atoms with Gasteiger partial charge in [0.05, 0.1) is 24.1 Å². The fraction of sp³-hybridized carbons (Fsp3) is 0.273. The molecular weight excluding hydrogens is 338 g/mol. The van der Waals surface area contributed by atoms with E-state index >= 15 is 0 Å². The van der Waals surface area contributed by atoms with Crippen LogP contribution >= 0.6 is 0 Å². The quantitative estimate of drug-likeness (QED) is 0.690. The Morgan fingerprint density at radius 3 is 2.37 bits per heavy atom. The van der Waals surface area contributed by atoms with E-state index in [1.807, 2.05) is 31.2 Å². The summed E-state index contributed by atoms with van der Waals surface area (Å²) in [6, 6.07) is 15.4. The number of nitrogens with one attached hydrogen (secondary N) is 2. The van der Waals surface area contributed by atoms with E-state index in [9.17, 15) is 4.79 Å². The number of methoxy groups -OCH3 is 1. The van der Waals surface area contributed by atoms with Crippen LogP contribution in [0.2, 0.25) is 0 Å². The van der Waals surface area contributed by atoms with Gasteiger partial charge in [-0.3, -0.25) is 9.89 Å². The van der Waals surface area contributed by atoms with Gasteiger partial charge in [-0.1, -0.05) is 57.2 Å². The van der Waals surface area contributed by atoms with Gasteiger partial charge in [-0.15, -0.1) is 0 Å². The Morgan fingerprint density at radius 1 is 1.07 bits per heavy atom. The highest BCUT2D eigenvalue weighted by Crippen LogP contribution is 2.31. The average molecular weight is 363 g/mol. The van der Waals surface area contributed by atoms with Crippen molar-refractivity contribution in [3.8, 4) is 17.0 Å². The van der Waals surface area contributed by atoms with Crippen molar-refractivity contribution in [1.29, 1.82) is 0 Å². The molecule has 0 bridgehead atoms. The molecule has 0 atom stereocenters. The van der Waals surface area contributed by atoms with Crippen LogP contribution in [0.3, 0.4) is 0 Å². The molecule has 1 aromatic heterocycles. The average Bonchev–Trinajstić information content (AvgIpc) is 3.01. The lowest BCUT2D eigenvalue weighted by atomic mass is 9.86. The van der Waals surface area contributed by atoms with Crippen LogP contribution in [0.15, 0.2) is 48.5 Å². The van der Waals surface area contributed by atoms with Crippen molar-refractivity contribution in [2.75, 3.05) is 12.4 Å². The molecule has 140 valence electrons. The molecule has 3 aromatic rings. The molecule has 2 aromatic carbocycles. The zero-order valence-corrected chi connectivity index (χ0v) is 16.4. The Kier molecular flexibility index (Phi) is 5.04. The molecule has 2 N–H and O–H groups in total. The maximum atomic E-state index is 12.8. The number of aryl methyl sites for hydroxylation is 1. The number of benzene rings is 2. The first-order valence-electron chi connectivity index (χ1n) is 8.91. The Hall–Kier alpha value is -3.08. The van der Waals surface area contributed by atoms with E-state index in [1.54, 1.807) is 19.2 Å². The van der Waals surface area contributed by atoms with Gasteiger partial charge < -0.3 is 10.1 Å². The zero-order chi connectivity index (χ0) is 19.6. The third-order valence-corrected chi connectivity index (χ3v) is 4.56. The van der Waals surface area contributed by atoms with Crippen LogP contribution in [0.25, 0.3) is 11.3 Å². The van der Waals surface area contributed by atoms with E-state index in [-0.39, 0.29) is 11.3 Å². The number of H-pyrrole nitrogens is 1. The molecule has 5 nitrogen and oxygen atoms in total. The summed E-state index contributed by atoms with van der Waals surface area (Å²) in [6.45, 7) is 8.43. The van der Waals surface area contributed by atoms with Crippen molar-refractivity contribution in [2.24, 2.45) is 0 Å². The van der Waals surface area contributed by atoms with E-state index in [0.29, 0.717) is 17.0 Å². The number of para-hydroxylation sites is 1. The Balaban J connectivity index is 1.92. The van der Waals surface area contributed by atoms with Gasteiger partial charge in [0, 0.05) is 5.56 Å². The van der Waals surface area contributed by atoms with Gasteiger partial charge in [0.2, 0.25) is 0 Å². The zero-order valence-electron chi connectivity index (χ0n) is 16.4. The fourth-order valence-electron chi connectivity index (χ4n) is 2.93. The van der Waals surface area contributed by atoms with E-state index in [1.165, 1.54) is 5.56 Å². The summed E-state index contributed by atoms with van der Waals surface area (Å²) in [5.74, 6) is 0.303. The van der Waals surface area contributed by atoms with E-state index in [0.717, 1.165) is 17.0 Å². The summed E-state index contributed by atoms with van der Waals surface area (Å²) in [5, 5.41) is 10.3. The third-order valence-electron chi connectivity index (χ3n) is 4.56. The van der Waals surface area contributed by atoms with Crippen LogP contribution in [0.5, 0.6) is 5.75 Å². The summed E-state index contributed by atoms with van der Waals surface area (Å²) in [4.78, 5) is 12.8. The summed E-state index contributed by atoms with van der Waals surface area (Å²) in [7, 11) is 1.55. The molecule has 5 heteroatoms. The SMILES string of the molecule is COc1ccccc1C(=O)Nc1c(-c2ccc(C(C)(C)C)cc2)n[nH]c1C. The van der Waals surface area contributed by atoms with Gasteiger partial charge in [-0.25, -0.2) is 0 Å². The molecule has 0 radical (unpaired) electrons. The second-order valence-corrected chi connectivity index (χ2v) is 7.55. The Morgan fingerprint density at radius 2 is 1.74 bits per heavy atom. The highest BCUT2D eigenvalue weighted by molar-refractivity contribution is 6.08. The molecule has 0 aliphatic heterocycles. The van der Waals surface area contributed by atoms with Gasteiger partial charge in [-0.2, -0.15) is 5.10 Å². The molecule has 0 saturated carbocycles. The fourth-order valence-corrected chi connectivity index (χ4v) is 2.93. The van der Waals surface area contributed by atoms with Gasteiger partial charge in [-0.05, 0) is 30.0 Å². The maximum absolute atomic E-state index is 12.8. The molecule has 1 heterocycles. The number of carbonyl (C=O) groups excluding carboxylic acids is 1. The summed E-state index contributed by atoms with van der Waals surface area (Å²) < 4.78 is 5.29. The normalized spacial score (nSPS) is 11.3. The predicted molar refractivity (Wildman–Crippen MR) is 108 cm³/mol. The standard InChI is InChI=1S/C22H25N3O2/c1-14-19(23-21(26)17-8-6-7-9-18(17)27-5)20(25-24-14)15-10-12-16(13-11-15)22(2,3)4/h6-13H,1-5H3,(H,23,26)(H,24,25). The summed E-state index contributed by atoms with van der Waals surface area (Å²) in [5.41, 5.74) is 4.95. The van der Waals surface area contributed by atoms with Crippen molar-refractivity contribution < 1.29 is 9.53 Å². The minimum Gasteiger partial charge on any atom is -0.496 e. The molecular formula is C22H25N3O2. The maximum Gasteiger partial charge on any atom is 0.259 e. The number of carbonyl (C=O) groups is 1. The highest BCUT2D eigenvalue weighted by atomic mass is 16.5. The van der Waals surface area contributed by atoms with E-state index < -0.39 is 0 Å². The molecule has 0 aliphatic rings. The minimum absolute atomic E-state index is 0.0843. The number of ether oxygens (including phenoxy) is 1. The number of rotatable bonds is 4. The number of nitrogens with zero attached hydrogens (tertiary/aromatic N) is 1. The van der Waals surface area contributed by atoms with E-state index in [4.69, 9.17) is 4.74 Å². The molecule has 0 saturated heterocycles. The van der Waals surface area contributed by atoms with Crippen molar-refractivity contribution in [3.63, 3.8) is 0 Å². The van der Waals surface area contributed by atoms with Gasteiger partial charge in [0.1, 0.15) is 11.4 Å². The van der Waals surface area contributed by atoms with Crippen LogP contribution in [0, 0.1) is 6.92 Å². The summed E-state index contributed by atoms with van der Waals surface area (Å²) in [6.07, 6.45) is 0. The largest absolute Gasteiger partial charge is 0.496 e. The molecule has 0 unspecified atom stereocenters. The molecule has 0 aliphatic carbocycles. The first-order valence-corrected chi connectivity index (χ1v) is 8.91.